The number of nitrogens with zero attached hydrogens (tertiary/aromatic N) is 2. The summed E-state index contributed by atoms with van der Waals surface area (Å²) in [5.41, 5.74) is 2.56. The fourth-order valence-electron chi connectivity index (χ4n) is 2.33. The second-order valence-electron chi connectivity index (χ2n) is 5.09. The van der Waals surface area contributed by atoms with Crippen LogP contribution in [0.5, 0.6) is 0 Å². The van der Waals surface area contributed by atoms with Gasteiger partial charge in [-0.15, -0.1) is 0 Å². The fourth-order valence-corrected chi connectivity index (χ4v) is 2.33. The van der Waals surface area contributed by atoms with Crippen molar-refractivity contribution in [1.82, 2.24) is 9.97 Å². The maximum Gasteiger partial charge on any atom is 0.229 e. The molecule has 2 aromatic carbocycles. The SMILES string of the molecule is CNc1nc(Nc2cccc(C(C)O)c2)nc2ccccc12. The normalized spacial score (nSPS) is 12.1. The van der Waals surface area contributed by atoms with Gasteiger partial charge in [0, 0.05) is 18.1 Å². The highest BCUT2D eigenvalue weighted by molar-refractivity contribution is 5.90. The van der Waals surface area contributed by atoms with Crippen molar-refractivity contribution in [3.63, 3.8) is 0 Å². The Morgan fingerprint density at radius 3 is 2.64 bits per heavy atom. The Morgan fingerprint density at radius 1 is 1.05 bits per heavy atom. The van der Waals surface area contributed by atoms with Crippen LogP contribution in [0.15, 0.2) is 48.5 Å². The van der Waals surface area contributed by atoms with E-state index in [-0.39, 0.29) is 0 Å². The van der Waals surface area contributed by atoms with E-state index in [4.69, 9.17) is 0 Å². The fraction of sp³-hybridized carbons (Fsp3) is 0.176. The molecule has 1 unspecified atom stereocenters. The van der Waals surface area contributed by atoms with Gasteiger partial charge in [0.25, 0.3) is 0 Å². The van der Waals surface area contributed by atoms with Crippen molar-refractivity contribution in [2.45, 2.75) is 13.0 Å². The summed E-state index contributed by atoms with van der Waals surface area (Å²) >= 11 is 0. The van der Waals surface area contributed by atoms with Gasteiger partial charge in [-0.25, -0.2) is 4.98 Å². The van der Waals surface area contributed by atoms with Gasteiger partial charge in [0.2, 0.25) is 5.95 Å². The molecule has 3 rings (SSSR count). The summed E-state index contributed by atoms with van der Waals surface area (Å²) < 4.78 is 0. The molecule has 5 nitrogen and oxygen atoms in total. The van der Waals surface area contributed by atoms with Gasteiger partial charge in [0.05, 0.1) is 11.6 Å². The third-order valence-electron chi connectivity index (χ3n) is 3.47. The van der Waals surface area contributed by atoms with Gasteiger partial charge in [-0.1, -0.05) is 24.3 Å². The third kappa shape index (κ3) is 2.84. The number of para-hydroxylation sites is 1. The van der Waals surface area contributed by atoms with E-state index in [0.717, 1.165) is 28.0 Å². The second-order valence-corrected chi connectivity index (χ2v) is 5.09. The third-order valence-corrected chi connectivity index (χ3v) is 3.47. The van der Waals surface area contributed by atoms with Gasteiger partial charge in [0.15, 0.2) is 0 Å². The molecule has 0 saturated carbocycles. The summed E-state index contributed by atoms with van der Waals surface area (Å²) in [6, 6.07) is 15.4. The largest absolute Gasteiger partial charge is 0.389 e. The topological polar surface area (TPSA) is 70.1 Å². The van der Waals surface area contributed by atoms with Gasteiger partial charge >= 0.3 is 0 Å². The molecule has 0 bridgehead atoms. The highest BCUT2D eigenvalue weighted by Gasteiger charge is 2.07. The van der Waals surface area contributed by atoms with Crippen LogP contribution in [-0.2, 0) is 0 Å². The van der Waals surface area contributed by atoms with Crippen molar-refractivity contribution >= 4 is 28.4 Å². The maximum atomic E-state index is 9.67. The first kappa shape index (κ1) is 14.3. The number of aliphatic hydroxyl groups excluding tert-OH is 1. The van der Waals surface area contributed by atoms with Crippen LogP contribution in [0.2, 0.25) is 0 Å². The zero-order valence-electron chi connectivity index (χ0n) is 12.5. The van der Waals surface area contributed by atoms with Gasteiger partial charge in [-0.2, -0.15) is 4.98 Å². The van der Waals surface area contributed by atoms with E-state index < -0.39 is 6.10 Å². The lowest BCUT2D eigenvalue weighted by Gasteiger charge is -2.11. The van der Waals surface area contributed by atoms with E-state index in [0.29, 0.717) is 5.95 Å². The molecule has 0 amide bonds. The standard InChI is InChI=1S/C17H18N4O/c1-11(22)12-6-5-7-13(10-12)19-17-20-15-9-4-3-8-14(15)16(18-2)21-17/h3-11,22H,1-2H3,(H2,18,19,20,21). The lowest BCUT2D eigenvalue weighted by atomic mass is 10.1. The van der Waals surface area contributed by atoms with E-state index in [1.54, 1.807) is 6.92 Å². The van der Waals surface area contributed by atoms with Crippen LogP contribution in [0.3, 0.4) is 0 Å². The molecule has 0 saturated heterocycles. The van der Waals surface area contributed by atoms with E-state index in [2.05, 4.69) is 20.6 Å². The molecule has 0 aliphatic rings. The van der Waals surface area contributed by atoms with Crippen molar-refractivity contribution in [2.75, 3.05) is 17.7 Å². The van der Waals surface area contributed by atoms with Gasteiger partial charge < -0.3 is 15.7 Å². The van der Waals surface area contributed by atoms with Crippen molar-refractivity contribution in [3.8, 4) is 0 Å². The predicted octanol–water partition coefficient (Wildman–Crippen LogP) is 3.47. The number of aliphatic hydroxyl groups is 1. The van der Waals surface area contributed by atoms with Crippen molar-refractivity contribution in [3.05, 3.63) is 54.1 Å². The maximum absolute atomic E-state index is 9.67. The predicted molar refractivity (Wildman–Crippen MR) is 89.4 cm³/mol. The summed E-state index contributed by atoms with van der Waals surface area (Å²) in [6.45, 7) is 1.74. The Hall–Kier alpha value is -2.66. The Kier molecular flexibility index (Phi) is 3.89. The van der Waals surface area contributed by atoms with E-state index >= 15 is 0 Å². The minimum atomic E-state index is -0.507. The van der Waals surface area contributed by atoms with Crippen LogP contribution in [-0.4, -0.2) is 22.1 Å². The average molecular weight is 294 g/mol. The van der Waals surface area contributed by atoms with Crippen LogP contribution >= 0.6 is 0 Å². The summed E-state index contributed by atoms with van der Waals surface area (Å²) in [6.07, 6.45) is -0.507. The first-order valence-corrected chi connectivity index (χ1v) is 7.17. The molecule has 0 radical (unpaired) electrons. The molecular formula is C17H18N4O. The molecule has 5 heteroatoms. The lowest BCUT2D eigenvalue weighted by molar-refractivity contribution is 0.199. The number of benzene rings is 2. The molecule has 3 aromatic rings. The summed E-state index contributed by atoms with van der Waals surface area (Å²) in [4.78, 5) is 9.02. The minimum Gasteiger partial charge on any atom is -0.389 e. The highest BCUT2D eigenvalue weighted by atomic mass is 16.3. The Bertz CT molecular complexity index is 802. The average Bonchev–Trinajstić information content (AvgIpc) is 2.54. The number of rotatable bonds is 4. The minimum absolute atomic E-state index is 0.507. The summed E-state index contributed by atoms with van der Waals surface area (Å²) in [5.74, 6) is 1.30. The van der Waals surface area contributed by atoms with Crippen molar-refractivity contribution in [2.24, 2.45) is 0 Å². The summed E-state index contributed by atoms with van der Waals surface area (Å²) in [7, 11) is 1.84. The van der Waals surface area contributed by atoms with E-state index in [1.165, 1.54) is 0 Å². The van der Waals surface area contributed by atoms with Crippen LogP contribution < -0.4 is 10.6 Å². The molecule has 0 spiro atoms. The van der Waals surface area contributed by atoms with E-state index in [1.807, 2.05) is 55.6 Å². The Morgan fingerprint density at radius 2 is 1.86 bits per heavy atom. The van der Waals surface area contributed by atoms with Crippen molar-refractivity contribution in [1.29, 1.82) is 0 Å². The van der Waals surface area contributed by atoms with Crippen LogP contribution in [0.1, 0.15) is 18.6 Å². The molecule has 1 aromatic heterocycles. The van der Waals surface area contributed by atoms with Crippen LogP contribution in [0.4, 0.5) is 17.5 Å². The zero-order chi connectivity index (χ0) is 15.5. The lowest BCUT2D eigenvalue weighted by Crippen LogP contribution is -2.02. The molecule has 1 atom stereocenters. The first-order chi connectivity index (χ1) is 10.7. The molecule has 0 aliphatic heterocycles. The second kappa shape index (κ2) is 5.99. The van der Waals surface area contributed by atoms with Crippen molar-refractivity contribution < 1.29 is 5.11 Å². The van der Waals surface area contributed by atoms with Crippen LogP contribution in [0.25, 0.3) is 10.9 Å². The molecule has 1 heterocycles. The monoisotopic (exact) mass is 294 g/mol. The Labute approximate surface area is 129 Å². The quantitative estimate of drug-likeness (QED) is 0.687. The molecular weight excluding hydrogens is 276 g/mol. The molecule has 0 fully saturated rings. The van der Waals surface area contributed by atoms with Crippen LogP contribution in [0, 0.1) is 0 Å². The smallest absolute Gasteiger partial charge is 0.229 e. The number of aromatic nitrogens is 2. The van der Waals surface area contributed by atoms with Gasteiger partial charge in [-0.05, 0) is 36.8 Å². The Balaban J connectivity index is 1.98. The molecule has 22 heavy (non-hydrogen) atoms. The molecule has 112 valence electrons. The molecule has 3 N–H and O–H groups in total. The first-order valence-electron chi connectivity index (χ1n) is 7.17. The number of fused-ring (bicyclic) bond motifs is 1. The van der Waals surface area contributed by atoms with Gasteiger partial charge in [0.1, 0.15) is 5.82 Å². The number of hydrogen-bond acceptors (Lipinski definition) is 5. The highest BCUT2D eigenvalue weighted by Crippen LogP contribution is 2.24. The number of nitrogens with one attached hydrogen (secondary N) is 2. The molecule has 0 aliphatic carbocycles. The number of anilines is 3. The summed E-state index contributed by atoms with van der Waals surface area (Å²) in [5, 5.41) is 16.9. The zero-order valence-corrected chi connectivity index (χ0v) is 12.5. The van der Waals surface area contributed by atoms with E-state index in [9.17, 15) is 5.11 Å². The van der Waals surface area contributed by atoms with Gasteiger partial charge in [-0.3, -0.25) is 0 Å². The number of hydrogen-bond donors (Lipinski definition) is 3.